The molecule has 0 aliphatic carbocycles. The first-order valence-electron chi connectivity index (χ1n) is 7.49. The minimum Gasteiger partial charge on any atom is -0.342 e. The van der Waals surface area contributed by atoms with Gasteiger partial charge in [0.25, 0.3) is 0 Å². The lowest BCUT2D eigenvalue weighted by Crippen LogP contribution is -2.35. The van der Waals surface area contributed by atoms with Gasteiger partial charge in [-0.3, -0.25) is 9.59 Å². The highest BCUT2D eigenvalue weighted by molar-refractivity contribution is 5.93. The molecule has 0 aliphatic heterocycles. The predicted molar refractivity (Wildman–Crippen MR) is 86.2 cm³/mol. The van der Waals surface area contributed by atoms with Crippen LogP contribution in [0.3, 0.4) is 0 Å². The van der Waals surface area contributed by atoms with Crippen LogP contribution >= 0.6 is 0 Å². The smallest absolute Gasteiger partial charge is 0.228 e. The number of hydrogen-bond donors (Lipinski definition) is 0. The molecule has 0 heterocycles. The third-order valence-corrected chi connectivity index (χ3v) is 3.53. The fourth-order valence-electron chi connectivity index (χ4n) is 2.03. The zero-order valence-corrected chi connectivity index (χ0v) is 13.5. The van der Waals surface area contributed by atoms with E-state index in [1.54, 1.807) is 23.8 Å². The summed E-state index contributed by atoms with van der Waals surface area (Å²) >= 11 is 0. The average Bonchev–Trinajstić information content (AvgIpc) is 2.46. The lowest BCUT2D eigenvalue weighted by molar-refractivity contribution is -0.129. The van der Waals surface area contributed by atoms with Gasteiger partial charge in [0.1, 0.15) is 0 Å². The van der Waals surface area contributed by atoms with Crippen LogP contribution in [-0.4, -0.2) is 36.9 Å². The maximum Gasteiger partial charge on any atom is 0.228 e. The van der Waals surface area contributed by atoms with E-state index in [0.29, 0.717) is 18.9 Å². The van der Waals surface area contributed by atoms with Gasteiger partial charge in [0.15, 0.2) is 0 Å². The lowest BCUT2D eigenvalue weighted by Gasteiger charge is -2.23. The molecular formula is C17H26N2O2. The number of amides is 2. The summed E-state index contributed by atoms with van der Waals surface area (Å²) in [7, 11) is 1.77. The van der Waals surface area contributed by atoms with Gasteiger partial charge < -0.3 is 9.80 Å². The SMILES string of the molecule is CC(=O)N(CCC(=O)N(C)c1ccccc1)CCC(C)C. The molecule has 1 aromatic rings. The van der Waals surface area contributed by atoms with E-state index in [0.717, 1.165) is 18.7 Å². The number of nitrogens with zero attached hydrogens (tertiary/aromatic N) is 2. The molecular weight excluding hydrogens is 264 g/mol. The Morgan fingerprint density at radius 2 is 1.71 bits per heavy atom. The van der Waals surface area contributed by atoms with Crippen molar-refractivity contribution in [2.45, 2.75) is 33.6 Å². The first-order chi connectivity index (χ1) is 9.91. The molecule has 116 valence electrons. The second-order valence-corrected chi connectivity index (χ2v) is 5.73. The molecule has 0 spiro atoms. The molecule has 0 saturated heterocycles. The second-order valence-electron chi connectivity index (χ2n) is 5.73. The number of para-hydroxylation sites is 1. The maximum atomic E-state index is 12.2. The van der Waals surface area contributed by atoms with E-state index in [9.17, 15) is 9.59 Å². The molecule has 2 amide bonds. The predicted octanol–water partition coefficient (Wildman–Crippen LogP) is 2.93. The van der Waals surface area contributed by atoms with Crippen molar-refractivity contribution < 1.29 is 9.59 Å². The van der Waals surface area contributed by atoms with Crippen molar-refractivity contribution >= 4 is 17.5 Å². The summed E-state index contributed by atoms with van der Waals surface area (Å²) in [5.74, 6) is 0.609. The van der Waals surface area contributed by atoms with Crippen molar-refractivity contribution in [3.05, 3.63) is 30.3 Å². The largest absolute Gasteiger partial charge is 0.342 e. The third kappa shape index (κ3) is 5.98. The van der Waals surface area contributed by atoms with E-state index in [1.165, 1.54) is 0 Å². The summed E-state index contributed by atoms with van der Waals surface area (Å²) in [6.45, 7) is 7.03. The summed E-state index contributed by atoms with van der Waals surface area (Å²) in [6, 6.07) is 9.54. The van der Waals surface area contributed by atoms with E-state index in [4.69, 9.17) is 0 Å². The van der Waals surface area contributed by atoms with Crippen LogP contribution in [0.5, 0.6) is 0 Å². The molecule has 0 aromatic heterocycles. The summed E-state index contributed by atoms with van der Waals surface area (Å²) in [4.78, 5) is 27.2. The maximum absolute atomic E-state index is 12.2. The first-order valence-corrected chi connectivity index (χ1v) is 7.49. The third-order valence-electron chi connectivity index (χ3n) is 3.53. The van der Waals surface area contributed by atoms with Crippen molar-refractivity contribution in [3.8, 4) is 0 Å². The van der Waals surface area contributed by atoms with Crippen LogP contribution < -0.4 is 4.90 Å². The average molecular weight is 290 g/mol. The van der Waals surface area contributed by atoms with Crippen molar-refractivity contribution in [1.29, 1.82) is 0 Å². The number of carbonyl (C=O) groups is 2. The van der Waals surface area contributed by atoms with Gasteiger partial charge in [-0.25, -0.2) is 0 Å². The van der Waals surface area contributed by atoms with Gasteiger partial charge in [-0.05, 0) is 24.5 Å². The van der Waals surface area contributed by atoms with E-state index in [1.807, 2.05) is 30.3 Å². The summed E-state index contributed by atoms with van der Waals surface area (Å²) in [5, 5.41) is 0. The topological polar surface area (TPSA) is 40.6 Å². The molecule has 0 aliphatic rings. The highest BCUT2D eigenvalue weighted by Crippen LogP contribution is 2.12. The molecule has 0 atom stereocenters. The van der Waals surface area contributed by atoms with E-state index in [2.05, 4.69) is 13.8 Å². The molecule has 4 heteroatoms. The highest BCUT2D eigenvalue weighted by atomic mass is 16.2. The molecule has 0 saturated carbocycles. The lowest BCUT2D eigenvalue weighted by atomic mass is 10.1. The second kappa shape index (κ2) is 8.45. The van der Waals surface area contributed by atoms with Crippen molar-refractivity contribution in [2.24, 2.45) is 5.92 Å². The van der Waals surface area contributed by atoms with Crippen LogP contribution in [-0.2, 0) is 9.59 Å². The van der Waals surface area contributed by atoms with Crippen molar-refractivity contribution in [1.82, 2.24) is 4.90 Å². The fraction of sp³-hybridized carbons (Fsp3) is 0.529. The molecule has 1 aromatic carbocycles. The minimum atomic E-state index is 0.0250. The van der Waals surface area contributed by atoms with E-state index >= 15 is 0 Å². The monoisotopic (exact) mass is 290 g/mol. The number of rotatable bonds is 7. The van der Waals surface area contributed by atoms with E-state index < -0.39 is 0 Å². The van der Waals surface area contributed by atoms with Crippen LogP contribution in [0, 0.1) is 5.92 Å². The standard InChI is InChI=1S/C17H26N2O2/c1-14(2)10-12-19(15(3)20)13-11-17(21)18(4)16-8-6-5-7-9-16/h5-9,14H,10-13H2,1-4H3. The Morgan fingerprint density at radius 1 is 1.10 bits per heavy atom. The Hall–Kier alpha value is -1.84. The summed E-state index contributed by atoms with van der Waals surface area (Å²) in [5.41, 5.74) is 0.874. The Morgan fingerprint density at radius 3 is 2.24 bits per heavy atom. The van der Waals surface area contributed by atoms with Crippen LogP contribution in [0.2, 0.25) is 0 Å². The fourth-order valence-corrected chi connectivity index (χ4v) is 2.03. The number of anilines is 1. The molecule has 4 nitrogen and oxygen atoms in total. The molecule has 0 bridgehead atoms. The van der Waals surface area contributed by atoms with Crippen LogP contribution in [0.1, 0.15) is 33.6 Å². The zero-order valence-electron chi connectivity index (χ0n) is 13.5. The molecule has 0 N–H and O–H groups in total. The van der Waals surface area contributed by atoms with Crippen molar-refractivity contribution in [2.75, 3.05) is 25.0 Å². The van der Waals surface area contributed by atoms with Crippen LogP contribution in [0.15, 0.2) is 30.3 Å². The van der Waals surface area contributed by atoms with Gasteiger partial charge >= 0.3 is 0 Å². The van der Waals surface area contributed by atoms with Crippen LogP contribution in [0.4, 0.5) is 5.69 Å². The van der Waals surface area contributed by atoms with Crippen molar-refractivity contribution in [3.63, 3.8) is 0 Å². The van der Waals surface area contributed by atoms with E-state index in [-0.39, 0.29) is 11.8 Å². The number of carbonyl (C=O) groups excluding carboxylic acids is 2. The van der Waals surface area contributed by atoms with Crippen LogP contribution in [0.25, 0.3) is 0 Å². The van der Waals surface area contributed by atoms with Gasteiger partial charge in [0.05, 0.1) is 0 Å². The van der Waals surface area contributed by atoms with Gasteiger partial charge in [-0.2, -0.15) is 0 Å². The summed E-state index contributed by atoms with van der Waals surface area (Å²) < 4.78 is 0. The molecule has 0 unspecified atom stereocenters. The first kappa shape index (κ1) is 17.2. The Bertz CT molecular complexity index is 457. The number of hydrogen-bond acceptors (Lipinski definition) is 2. The molecule has 0 radical (unpaired) electrons. The Balaban J connectivity index is 2.51. The Labute approximate surface area is 127 Å². The zero-order chi connectivity index (χ0) is 15.8. The normalized spacial score (nSPS) is 10.5. The quantitative estimate of drug-likeness (QED) is 0.774. The summed E-state index contributed by atoms with van der Waals surface area (Å²) in [6.07, 6.45) is 1.31. The van der Waals surface area contributed by atoms with Gasteiger partial charge in [0, 0.05) is 39.2 Å². The molecule has 1 rings (SSSR count). The van der Waals surface area contributed by atoms with Gasteiger partial charge in [-0.1, -0.05) is 32.0 Å². The molecule has 0 fully saturated rings. The highest BCUT2D eigenvalue weighted by Gasteiger charge is 2.15. The number of benzene rings is 1. The molecule has 21 heavy (non-hydrogen) atoms. The van der Waals surface area contributed by atoms with Gasteiger partial charge in [0.2, 0.25) is 11.8 Å². The van der Waals surface area contributed by atoms with Gasteiger partial charge in [-0.15, -0.1) is 0 Å². The minimum absolute atomic E-state index is 0.0250. The Kier molecular flexibility index (Phi) is 6.92.